The summed E-state index contributed by atoms with van der Waals surface area (Å²) in [6, 6.07) is 6.78. The lowest BCUT2D eigenvalue weighted by atomic mass is 9.90. The minimum atomic E-state index is -0.620. The highest BCUT2D eigenvalue weighted by Gasteiger charge is 2.24. The Morgan fingerprint density at radius 2 is 1.73 bits per heavy atom. The maximum Gasteiger partial charge on any atom is 0.256 e. The van der Waals surface area contributed by atoms with E-state index in [1.807, 2.05) is 19.1 Å². The van der Waals surface area contributed by atoms with Crippen LogP contribution in [0.1, 0.15) is 34.0 Å². The molecule has 0 fully saturated rings. The van der Waals surface area contributed by atoms with Gasteiger partial charge in [-0.2, -0.15) is 5.53 Å². The van der Waals surface area contributed by atoms with Gasteiger partial charge < -0.3 is 15.5 Å². The first-order valence-corrected chi connectivity index (χ1v) is 11.1. The van der Waals surface area contributed by atoms with Crippen LogP contribution in [0.2, 0.25) is 0 Å². The molecule has 0 aromatic heterocycles. The summed E-state index contributed by atoms with van der Waals surface area (Å²) in [6.45, 7) is 11.4. The van der Waals surface area contributed by atoms with Gasteiger partial charge in [-0.1, -0.05) is 47.9 Å². The van der Waals surface area contributed by atoms with Crippen molar-refractivity contribution in [3.63, 3.8) is 0 Å². The van der Waals surface area contributed by atoms with Gasteiger partial charge in [0.15, 0.2) is 0 Å². The second-order valence-electron chi connectivity index (χ2n) is 7.45. The summed E-state index contributed by atoms with van der Waals surface area (Å²) in [5, 5.41) is 55.2. The summed E-state index contributed by atoms with van der Waals surface area (Å²) < 4.78 is 0. The molecule has 0 aliphatic heterocycles. The topological polar surface area (TPSA) is 217 Å². The zero-order valence-corrected chi connectivity index (χ0v) is 21.4. The van der Waals surface area contributed by atoms with E-state index in [-0.39, 0.29) is 29.0 Å². The lowest BCUT2D eigenvalue weighted by Gasteiger charge is -2.17. The van der Waals surface area contributed by atoms with Crippen LogP contribution in [0.15, 0.2) is 95.6 Å². The summed E-state index contributed by atoms with van der Waals surface area (Å²) in [5.41, 5.74) is 9.10. The molecule has 0 unspecified atom stereocenters. The summed E-state index contributed by atoms with van der Waals surface area (Å²) in [7, 11) is 0. The van der Waals surface area contributed by atoms with Gasteiger partial charge in [0.1, 0.15) is 17.7 Å². The highest BCUT2D eigenvalue weighted by Crippen LogP contribution is 2.44. The van der Waals surface area contributed by atoms with Crippen LogP contribution in [-0.2, 0) is 0 Å². The molecule has 200 valence electrons. The molecule has 0 spiro atoms. The van der Waals surface area contributed by atoms with Crippen molar-refractivity contribution in [2.75, 3.05) is 6.54 Å². The van der Waals surface area contributed by atoms with Crippen molar-refractivity contribution >= 4 is 17.7 Å². The van der Waals surface area contributed by atoms with Crippen molar-refractivity contribution in [3.8, 4) is 46.3 Å². The molecule has 0 atom stereocenters. The van der Waals surface area contributed by atoms with Crippen LogP contribution in [-0.4, -0.2) is 28.9 Å². The van der Waals surface area contributed by atoms with Crippen LogP contribution in [0, 0.1) is 36.1 Å². The number of carbonyl (C=O) groups is 1. The fraction of sp³-hybridized carbons (Fsp3) is 0.120. The van der Waals surface area contributed by atoms with Crippen LogP contribution in [0.5, 0.6) is 11.5 Å². The second-order valence-corrected chi connectivity index (χ2v) is 7.45. The van der Waals surface area contributed by atoms with E-state index in [2.05, 4.69) is 94.3 Å². The lowest BCUT2D eigenvalue weighted by molar-refractivity contribution is 0.0955. The number of allylic oxidation sites excluding steroid dienone is 1. The van der Waals surface area contributed by atoms with Gasteiger partial charge in [-0.05, 0) is 95.8 Å². The fourth-order valence-electron chi connectivity index (χ4n) is 3.11. The SMILES string of the molecule is C=CCNC(=O)c1c(C#CC#C/C=N/N=N/N=N/N=N/N=N/N=N)cc(O)c(-c2cc(C)ccc2C(=C)C)c1O. The molecule has 2 rings (SSSR count). The number of phenols is 2. The maximum absolute atomic E-state index is 13.0. The Morgan fingerprint density at radius 1 is 1.05 bits per heavy atom. The molecule has 0 bridgehead atoms. The van der Waals surface area contributed by atoms with Crippen LogP contribution in [0.3, 0.4) is 0 Å². The standard InChI is InChI=1S/C25H22N12O3/c1-5-12-27-25(40)22-18(9-7-6-8-13-28-30-32-34-36-37-35-33-31-29-26)15-21(38)23(24(22)39)20-14-17(4)10-11-19(20)16(2)3/h5,10-11,13-15,26,38-39H,1-2,12H2,3-4H3,(H,27,40)/b28-13+,29-26?,32-30+,33-31+,36-34+,37-35+. The molecule has 0 radical (unpaired) electrons. The first-order valence-electron chi connectivity index (χ1n) is 11.1. The van der Waals surface area contributed by atoms with E-state index >= 15 is 0 Å². The quantitative estimate of drug-likeness (QED) is 0.0960. The van der Waals surface area contributed by atoms with Gasteiger partial charge in [-0.15, -0.1) is 11.7 Å². The summed E-state index contributed by atoms with van der Waals surface area (Å²) >= 11 is 0. The van der Waals surface area contributed by atoms with Gasteiger partial charge >= 0.3 is 0 Å². The van der Waals surface area contributed by atoms with E-state index < -0.39 is 11.7 Å². The molecule has 0 heterocycles. The highest BCUT2D eigenvalue weighted by molar-refractivity contribution is 6.03. The molecular weight excluding hydrogens is 516 g/mol. The third-order valence-electron chi connectivity index (χ3n) is 4.65. The number of phenolic OH excluding ortho intramolecular Hbond substituents is 2. The molecular formula is C25H22N12O3. The van der Waals surface area contributed by atoms with Gasteiger partial charge in [0, 0.05) is 12.1 Å². The van der Waals surface area contributed by atoms with Crippen LogP contribution >= 0.6 is 0 Å². The molecule has 4 N–H and O–H groups in total. The molecule has 1 amide bonds. The molecule has 0 aliphatic carbocycles. The maximum atomic E-state index is 13.0. The number of benzene rings is 2. The van der Waals surface area contributed by atoms with E-state index in [1.165, 1.54) is 12.1 Å². The van der Waals surface area contributed by atoms with Gasteiger partial charge in [-0.25, -0.2) is 0 Å². The zero-order valence-electron chi connectivity index (χ0n) is 21.4. The summed E-state index contributed by atoms with van der Waals surface area (Å²) in [5.74, 6) is 8.77. The Labute approximate surface area is 228 Å². The number of carbonyl (C=O) groups excluding carboxylic acids is 1. The number of hydrogen-bond donors (Lipinski definition) is 4. The van der Waals surface area contributed by atoms with Crippen LogP contribution in [0.25, 0.3) is 16.7 Å². The Kier molecular flexibility index (Phi) is 11.9. The number of amides is 1. The Morgan fingerprint density at radius 3 is 2.38 bits per heavy atom. The van der Waals surface area contributed by atoms with Crippen molar-refractivity contribution in [1.82, 2.24) is 5.32 Å². The predicted molar refractivity (Wildman–Crippen MR) is 145 cm³/mol. The van der Waals surface area contributed by atoms with Crippen molar-refractivity contribution in [2.24, 2.45) is 52.1 Å². The van der Waals surface area contributed by atoms with E-state index in [0.29, 0.717) is 16.7 Å². The summed E-state index contributed by atoms with van der Waals surface area (Å²) in [4.78, 5) is 13.0. The molecule has 0 saturated carbocycles. The van der Waals surface area contributed by atoms with E-state index in [0.717, 1.165) is 11.8 Å². The van der Waals surface area contributed by atoms with E-state index in [1.54, 1.807) is 13.0 Å². The summed E-state index contributed by atoms with van der Waals surface area (Å²) in [6.07, 6.45) is 2.55. The van der Waals surface area contributed by atoms with E-state index in [4.69, 9.17) is 5.53 Å². The van der Waals surface area contributed by atoms with Crippen LogP contribution < -0.4 is 5.32 Å². The lowest BCUT2D eigenvalue weighted by Crippen LogP contribution is -2.24. The average Bonchev–Trinajstić information content (AvgIpc) is 2.91. The van der Waals surface area contributed by atoms with E-state index in [9.17, 15) is 15.0 Å². The predicted octanol–water partition coefficient (Wildman–Crippen LogP) is 5.86. The van der Waals surface area contributed by atoms with Gasteiger partial charge in [0.25, 0.3) is 5.91 Å². The number of rotatable bonds is 10. The minimum Gasteiger partial charge on any atom is -0.507 e. The van der Waals surface area contributed by atoms with Gasteiger partial charge in [0.05, 0.1) is 11.1 Å². The molecule has 0 aliphatic rings. The molecule has 2 aromatic carbocycles. The molecule has 40 heavy (non-hydrogen) atoms. The largest absolute Gasteiger partial charge is 0.507 e. The third kappa shape index (κ3) is 8.71. The van der Waals surface area contributed by atoms with Crippen molar-refractivity contribution < 1.29 is 15.0 Å². The molecule has 2 aromatic rings. The Hall–Kier alpha value is -6.22. The monoisotopic (exact) mass is 538 g/mol. The highest BCUT2D eigenvalue weighted by atomic mass is 16.3. The van der Waals surface area contributed by atoms with Crippen molar-refractivity contribution in [1.29, 1.82) is 5.53 Å². The van der Waals surface area contributed by atoms with Crippen molar-refractivity contribution in [2.45, 2.75) is 13.8 Å². The Bertz CT molecular complexity index is 1580. The number of aryl methyl sites for hydroxylation is 1. The van der Waals surface area contributed by atoms with Crippen molar-refractivity contribution in [3.05, 3.63) is 65.8 Å². The number of nitrogens with zero attached hydrogens (tertiary/aromatic N) is 10. The number of nitrogens with one attached hydrogen (secondary N) is 2. The third-order valence-corrected chi connectivity index (χ3v) is 4.65. The zero-order chi connectivity index (χ0) is 29.3. The first kappa shape index (κ1) is 30.0. The van der Waals surface area contributed by atoms with Gasteiger partial charge in [0.2, 0.25) is 0 Å². The second kappa shape index (κ2) is 15.8. The average molecular weight is 539 g/mol. The Balaban J connectivity index is 2.40. The minimum absolute atomic E-state index is 0.0428. The number of aromatic hydroxyl groups is 2. The smallest absolute Gasteiger partial charge is 0.256 e. The molecule has 15 nitrogen and oxygen atoms in total. The molecule has 15 heteroatoms. The molecule has 0 saturated heterocycles. The normalized spacial score (nSPS) is 11.1. The fourth-order valence-corrected chi connectivity index (χ4v) is 3.11. The van der Waals surface area contributed by atoms with Crippen LogP contribution in [0.4, 0.5) is 0 Å². The number of hydrogen-bond acceptors (Lipinski definition) is 5. The first-order chi connectivity index (χ1) is 19.3. The van der Waals surface area contributed by atoms with Gasteiger partial charge in [-0.3, -0.25) is 4.79 Å².